The third-order valence-corrected chi connectivity index (χ3v) is 5.12. The summed E-state index contributed by atoms with van der Waals surface area (Å²) in [5.74, 6) is 1.50. The molecule has 3 rings (SSSR count). The highest BCUT2D eigenvalue weighted by atomic mass is 35.5. The van der Waals surface area contributed by atoms with Crippen LogP contribution in [0.2, 0.25) is 5.02 Å². The molecule has 2 N–H and O–H groups in total. The van der Waals surface area contributed by atoms with Crippen molar-refractivity contribution in [2.45, 2.75) is 12.4 Å². The lowest BCUT2D eigenvalue weighted by Crippen LogP contribution is -2.31. The number of hydrogen-bond acceptors (Lipinski definition) is 4. The van der Waals surface area contributed by atoms with Gasteiger partial charge in [-0.05, 0) is 28.7 Å². The lowest BCUT2D eigenvalue weighted by Gasteiger charge is -2.09. The van der Waals surface area contributed by atoms with E-state index in [1.165, 1.54) is 5.56 Å². The molecule has 1 aliphatic heterocycles. The summed E-state index contributed by atoms with van der Waals surface area (Å²) in [6.07, 6.45) is 0. The zero-order chi connectivity index (χ0) is 16.9. The van der Waals surface area contributed by atoms with E-state index in [-0.39, 0.29) is 5.91 Å². The van der Waals surface area contributed by atoms with Gasteiger partial charge in [0.25, 0.3) is 5.91 Å². The first-order valence-corrected chi connectivity index (χ1v) is 9.20. The SMILES string of the molecule is O=C(NCCSCc1ccccc1)c1cc2c(cc1Cl)COB2O. The zero-order valence-corrected chi connectivity index (χ0v) is 14.6. The average Bonchev–Trinajstić information content (AvgIpc) is 2.94. The molecular weight excluding hydrogens is 345 g/mol. The van der Waals surface area contributed by atoms with Crippen LogP contribution in [-0.4, -0.2) is 30.3 Å². The van der Waals surface area contributed by atoms with Gasteiger partial charge in [0, 0.05) is 18.1 Å². The van der Waals surface area contributed by atoms with Gasteiger partial charge in [0.05, 0.1) is 17.2 Å². The smallest absolute Gasteiger partial charge is 0.423 e. The Morgan fingerprint density at radius 1 is 1.33 bits per heavy atom. The van der Waals surface area contributed by atoms with E-state index in [4.69, 9.17) is 16.3 Å². The molecule has 2 aromatic rings. The predicted molar refractivity (Wildman–Crippen MR) is 98.8 cm³/mol. The Kier molecular flexibility index (Phi) is 5.84. The summed E-state index contributed by atoms with van der Waals surface area (Å²) in [4.78, 5) is 12.3. The molecule has 0 aliphatic carbocycles. The van der Waals surface area contributed by atoms with Crippen molar-refractivity contribution in [1.29, 1.82) is 0 Å². The normalized spacial score (nSPS) is 13.0. The third kappa shape index (κ3) is 4.13. The minimum absolute atomic E-state index is 0.234. The van der Waals surface area contributed by atoms with Gasteiger partial charge in [0.15, 0.2) is 0 Å². The monoisotopic (exact) mass is 361 g/mol. The first-order chi connectivity index (χ1) is 11.6. The minimum atomic E-state index is -0.981. The number of thioether (sulfide) groups is 1. The van der Waals surface area contributed by atoms with Crippen LogP contribution in [0.15, 0.2) is 42.5 Å². The van der Waals surface area contributed by atoms with Crippen LogP contribution in [-0.2, 0) is 17.0 Å². The first-order valence-electron chi connectivity index (χ1n) is 7.67. The topological polar surface area (TPSA) is 58.6 Å². The van der Waals surface area contributed by atoms with Crippen molar-refractivity contribution in [1.82, 2.24) is 5.32 Å². The Morgan fingerprint density at radius 2 is 2.12 bits per heavy atom. The molecule has 0 atom stereocenters. The maximum absolute atomic E-state index is 12.3. The van der Waals surface area contributed by atoms with Crippen LogP contribution in [0.1, 0.15) is 21.5 Å². The predicted octanol–water partition coefficient (Wildman–Crippen LogP) is 2.22. The fraction of sp³-hybridized carbons (Fsp3) is 0.235. The first kappa shape index (κ1) is 17.4. The van der Waals surface area contributed by atoms with Gasteiger partial charge in [-0.25, -0.2) is 0 Å². The van der Waals surface area contributed by atoms with Crippen molar-refractivity contribution < 1.29 is 14.5 Å². The maximum atomic E-state index is 12.3. The van der Waals surface area contributed by atoms with Gasteiger partial charge >= 0.3 is 7.12 Å². The Morgan fingerprint density at radius 3 is 2.92 bits per heavy atom. The van der Waals surface area contributed by atoms with E-state index >= 15 is 0 Å². The fourth-order valence-corrected chi connectivity index (χ4v) is 3.61. The van der Waals surface area contributed by atoms with Crippen molar-refractivity contribution in [3.8, 4) is 0 Å². The number of rotatable bonds is 6. The van der Waals surface area contributed by atoms with Crippen molar-refractivity contribution in [2.75, 3.05) is 12.3 Å². The molecule has 2 aromatic carbocycles. The standard InChI is InChI=1S/C17H17BClNO3S/c19-16-8-13-10-23-18(22)15(13)9-14(16)17(21)20-6-7-24-11-12-4-2-1-3-5-12/h1-5,8-9,22H,6-7,10-11H2,(H,20,21). The number of fused-ring (bicyclic) bond motifs is 1. The summed E-state index contributed by atoms with van der Waals surface area (Å²) in [7, 11) is -0.981. The van der Waals surface area contributed by atoms with Gasteiger partial charge < -0.3 is 15.0 Å². The van der Waals surface area contributed by atoms with Gasteiger partial charge in [-0.1, -0.05) is 41.9 Å². The van der Waals surface area contributed by atoms with Crippen LogP contribution < -0.4 is 10.8 Å². The molecule has 0 saturated carbocycles. The molecule has 124 valence electrons. The van der Waals surface area contributed by atoms with Crippen molar-refractivity contribution in [3.05, 3.63) is 64.2 Å². The maximum Gasteiger partial charge on any atom is 0.491 e. The minimum Gasteiger partial charge on any atom is -0.423 e. The van der Waals surface area contributed by atoms with E-state index in [9.17, 15) is 9.82 Å². The third-order valence-electron chi connectivity index (χ3n) is 3.78. The second kappa shape index (κ2) is 8.07. The van der Waals surface area contributed by atoms with Gasteiger partial charge in [0.2, 0.25) is 0 Å². The quantitative estimate of drug-likeness (QED) is 0.612. The highest BCUT2D eigenvalue weighted by Crippen LogP contribution is 2.20. The molecule has 0 fully saturated rings. The van der Waals surface area contributed by atoms with Crippen LogP contribution in [0.4, 0.5) is 0 Å². The Bertz CT molecular complexity index is 729. The summed E-state index contributed by atoms with van der Waals surface area (Å²) in [6, 6.07) is 13.5. The number of nitrogens with one attached hydrogen (secondary N) is 1. The number of carbonyl (C=O) groups excluding carboxylic acids is 1. The molecule has 1 amide bonds. The lowest BCUT2D eigenvalue weighted by molar-refractivity contribution is 0.0956. The number of carbonyl (C=O) groups is 1. The van der Waals surface area contributed by atoms with E-state index in [1.807, 2.05) is 18.2 Å². The molecule has 0 bridgehead atoms. The van der Waals surface area contributed by atoms with Crippen molar-refractivity contribution in [2.24, 2.45) is 0 Å². The molecule has 0 saturated heterocycles. The summed E-state index contributed by atoms with van der Waals surface area (Å²) in [5.41, 5.74) is 3.07. The summed E-state index contributed by atoms with van der Waals surface area (Å²) in [5, 5.41) is 13.0. The highest BCUT2D eigenvalue weighted by Gasteiger charge is 2.29. The average molecular weight is 362 g/mol. The second-order valence-corrected chi connectivity index (χ2v) is 7.00. The molecule has 0 aromatic heterocycles. The van der Waals surface area contributed by atoms with Gasteiger partial charge in [0.1, 0.15) is 0 Å². The van der Waals surface area contributed by atoms with E-state index in [0.29, 0.717) is 29.2 Å². The molecule has 4 nitrogen and oxygen atoms in total. The van der Waals surface area contributed by atoms with Crippen molar-refractivity contribution >= 4 is 41.9 Å². The Hall–Kier alpha value is -1.47. The van der Waals surface area contributed by atoms with Gasteiger partial charge in [-0.3, -0.25) is 4.79 Å². The largest absolute Gasteiger partial charge is 0.491 e. The van der Waals surface area contributed by atoms with Gasteiger partial charge in [-0.15, -0.1) is 0 Å². The molecule has 1 heterocycles. The second-order valence-electron chi connectivity index (χ2n) is 5.49. The Balaban J connectivity index is 1.50. The zero-order valence-electron chi connectivity index (χ0n) is 13.0. The number of hydrogen-bond donors (Lipinski definition) is 2. The van der Waals surface area contributed by atoms with Crippen LogP contribution in [0.3, 0.4) is 0 Å². The van der Waals surface area contributed by atoms with E-state index < -0.39 is 7.12 Å². The molecule has 7 heteroatoms. The molecule has 1 aliphatic rings. The molecule has 24 heavy (non-hydrogen) atoms. The summed E-state index contributed by atoms with van der Waals surface area (Å²) in [6.45, 7) is 0.872. The van der Waals surface area contributed by atoms with Gasteiger partial charge in [-0.2, -0.15) is 11.8 Å². The van der Waals surface area contributed by atoms with E-state index in [0.717, 1.165) is 17.1 Å². The Labute approximate surface area is 150 Å². The number of halogens is 1. The lowest BCUT2D eigenvalue weighted by atomic mass is 9.78. The number of amides is 1. The van der Waals surface area contributed by atoms with Crippen LogP contribution >= 0.6 is 23.4 Å². The van der Waals surface area contributed by atoms with E-state index in [2.05, 4.69) is 17.4 Å². The van der Waals surface area contributed by atoms with Crippen LogP contribution in [0, 0.1) is 0 Å². The molecule has 0 spiro atoms. The van der Waals surface area contributed by atoms with Crippen LogP contribution in [0.25, 0.3) is 0 Å². The molecule has 0 unspecified atom stereocenters. The fourth-order valence-electron chi connectivity index (χ4n) is 2.51. The van der Waals surface area contributed by atoms with Crippen LogP contribution in [0.5, 0.6) is 0 Å². The highest BCUT2D eigenvalue weighted by molar-refractivity contribution is 7.98. The number of benzene rings is 2. The van der Waals surface area contributed by atoms with Crippen molar-refractivity contribution in [3.63, 3.8) is 0 Å². The summed E-state index contributed by atoms with van der Waals surface area (Å²) >= 11 is 7.93. The molecule has 0 radical (unpaired) electrons. The molecular formula is C17H17BClNO3S. The van der Waals surface area contributed by atoms with E-state index in [1.54, 1.807) is 23.9 Å². The summed E-state index contributed by atoms with van der Waals surface area (Å²) < 4.78 is 5.13.